The predicted octanol–water partition coefficient (Wildman–Crippen LogP) is 2.26. The Labute approximate surface area is 119 Å². The first-order valence-electron chi connectivity index (χ1n) is 6.98. The molecule has 20 heavy (non-hydrogen) atoms. The van der Waals surface area contributed by atoms with Gasteiger partial charge in [0.05, 0.1) is 6.04 Å². The quantitative estimate of drug-likeness (QED) is 0.245. The van der Waals surface area contributed by atoms with Crippen molar-refractivity contribution in [2.45, 2.75) is 32.7 Å². The Morgan fingerprint density at radius 2 is 2.25 bits per heavy atom. The van der Waals surface area contributed by atoms with Crippen molar-refractivity contribution in [2.24, 2.45) is 16.3 Å². The van der Waals surface area contributed by atoms with Crippen molar-refractivity contribution in [3.8, 4) is 5.75 Å². The predicted molar refractivity (Wildman–Crippen MR) is 79.1 cm³/mol. The maximum absolute atomic E-state index is 8.74. The number of nitrogens with two attached hydrogens (primary N) is 1. The van der Waals surface area contributed by atoms with Crippen LogP contribution in [0.15, 0.2) is 29.4 Å². The molecule has 0 aliphatic carbocycles. The number of ether oxygens (including phenoxy) is 1. The van der Waals surface area contributed by atoms with Crippen molar-refractivity contribution in [3.63, 3.8) is 0 Å². The van der Waals surface area contributed by atoms with E-state index in [9.17, 15) is 0 Å². The molecule has 2 rings (SSSR count). The molecule has 0 radical (unpaired) electrons. The number of nitrogens with zero attached hydrogens (tertiary/aromatic N) is 1. The third kappa shape index (κ3) is 3.22. The summed E-state index contributed by atoms with van der Waals surface area (Å²) in [5, 5.41) is 15.3. The molecule has 0 spiro atoms. The maximum atomic E-state index is 8.74. The largest absolute Gasteiger partial charge is 0.491 e. The highest BCUT2D eigenvalue weighted by molar-refractivity contribution is 5.85. The van der Waals surface area contributed by atoms with Crippen LogP contribution >= 0.6 is 0 Å². The highest BCUT2D eigenvalue weighted by atomic mass is 16.5. The monoisotopic (exact) mass is 277 g/mol. The Morgan fingerprint density at radius 1 is 1.50 bits per heavy atom. The van der Waals surface area contributed by atoms with Crippen LogP contribution in [0.3, 0.4) is 0 Å². The summed E-state index contributed by atoms with van der Waals surface area (Å²) < 4.78 is 5.63. The molecule has 0 aromatic heterocycles. The second kappa shape index (κ2) is 6.13. The molecule has 5 nitrogen and oxygen atoms in total. The minimum Gasteiger partial charge on any atom is -0.491 e. The number of para-hydroxylation sites is 1. The van der Waals surface area contributed by atoms with Gasteiger partial charge in [-0.15, -0.1) is 0 Å². The number of benzene rings is 1. The van der Waals surface area contributed by atoms with E-state index in [1.807, 2.05) is 32.0 Å². The normalized spacial score (nSPS) is 18.7. The lowest BCUT2D eigenvalue weighted by Gasteiger charge is -2.23. The van der Waals surface area contributed by atoms with E-state index in [1.165, 1.54) is 5.56 Å². The zero-order valence-electron chi connectivity index (χ0n) is 12.1. The van der Waals surface area contributed by atoms with Crippen molar-refractivity contribution in [1.29, 1.82) is 0 Å². The van der Waals surface area contributed by atoms with Gasteiger partial charge in [0, 0.05) is 11.0 Å². The topological polar surface area (TPSA) is 79.9 Å². The van der Waals surface area contributed by atoms with Crippen LogP contribution in [0.1, 0.15) is 38.3 Å². The summed E-state index contributed by atoms with van der Waals surface area (Å²) in [6, 6.07) is 8.38. The highest BCUT2D eigenvalue weighted by Crippen LogP contribution is 2.31. The fourth-order valence-corrected chi connectivity index (χ4v) is 2.40. The van der Waals surface area contributed by atoms with Crippen LogP contribution in [0.25, 0.3) is 0 Å². The van der Waals surface area contributed by atoms with Crippen LogP contribution in [-0.2, 0) is 0 Å². The van der Waals surface area contributed by atoms with E-state index in [4.69, 9.17) is 15.7 Å². The first-order valence-corrected chi connectivity index (χ1v) is 6.98. The van der Waals surface area contributed by atoms with Gasteiger partial charge in [0.15, 0.2) is 0 Å². The van der Waals surface area contributed by atoms with Gasteiger partial charge in [0.2, 0.25) is 0 Å². The lowest BCUT2D eigenvalue weighted by molar-refractivity contribution is 0.299. The smallest absolute Gasteiger partial charge is 0.144 e. The number of oxime groups is 1. The summed E-state index contributed by atoms with van der Waals surface area (Å²) in [5.41, 5.74) is 6.63. The summed E-state index contributed by atoms with van der Waals surface area (Å²) in [4.78, 5) is 0. The first kappa shape index (κ1) is 14.7. The minimum absolute atomic E-state index is 0.262. The summed E-state index contributed by atoms with van der Waals surface area (Å²) in [7, 11) is 0. The fraction of sp³-hybridized carbons (Fsp3) is 0.533. The molecule has 1 aliphatic rings. The van der Waals surface area contributed by atoms with Crippen molar-refractivity contribution < 1.29 is 9.94 Å². The van der Waals surface area contributed by atoms with Crippen molar-refractivity contribution in [3.05, 3.63) is 29.8 Å². The average molecular weight is 277 g/mol. The second-order valence-electron chi connectivity index (χ2n) is 5.83. The molecule has 1 unspecified atom stereocenters. The van der Waals surface area contributed by atoms with Gasteiger partial charge in [-0.3, -0.25) is 0 Å². The van der Waals surface area contributed by atoms with Gasteiger partial charge in [-0.05, 0) is 25.5 Å². The standard InChI is InChI=1S/C15H23N3O2/c1-15(2,14(16)18-19)8-5-9-17-12-10-20-13-7-4-3-6-11(12)13/h3-4,6-7,12,17,19H,5,8-10H2,1-2H3,(H2,16,18). The van der Waals surface area contributed by atoms with E-state index in [0.29, 0.717) is 6.61 Å². The zero-order chi connectivity index (χ0) is 14.6. The van der Waals surface area contributed by atoms with E-state index < -0.39 is 0 Å². The number of hydrogen-bond donors (Lipinski definition) is 3. The Morgan fingerprint density at radius 3 is 3.00 bits per heavy atom. The number of rotatable bonds is 6. The lowest BCUT2D eigenvalue weighted by atomic mass is 9.86. The van der Waals surface area contributed by atoms with Crippen LogP contribution in [0, 0.1) is 5.41 Å². The molecule has 0 bridgehead atoms. The van der Waals surface area contributed by atoms with E-state index in [2.05, 4.69) is 16.5 Å². The van der Waals surface area contributed by atoms with Gasteiger partial charge in [-0.25, -0.2) is 0 Å². The third-order valence-electron chi connectivity index (χ3n) is 3.87. The molecule has 5 heteroatoms. The summed E-state index contributed by atoms with van der Waals surface area (Å²) in [5.74, 6) is 1.26. The van der Waals surface area contributed by atoms with Gasteiger partial charge in [-0.1, -0.05) is 37.2 Å². The molecular weight excluding hydrogens is 254 g/mol. The zero-order valence-corrected chi connectivity index (χ0v) is 12.1. The molecule has 1 atom stereocenters. The Bertz CT molecular complexity index is 486. The molecule has 0 fully saturated rings. The molecule has 1 heterocycles. The lowest BCUT2D eigenvalue weighted by Crippen LogP contribution is -2.33. The van der Waals surface area contributed by atoms with Crippen LogP contribution in [0.4, 0.5) is 0 Å². The van der Waals surface area contributed by atoms with Crippen molar-refractivity contribution in [1.82, 2.24) is 5.32 Å². The molecular formula is C15H23N3O2. The van der Waals surface area contributed by atoms with Gasteiger partial charge >= 0.3 is 0 Å². The van der Waals surface area contributed by atoms with Crippen LogP contribution in [0.5, 0.6) is 5.75 Å². The van der Waals surface area contributed by atoms with Crippen LogP contribution in [-0.4, -0.2) is 24.2 Å². The second-order valence-corrected chi connectivity index (χ2v) is 5.83. The van der Waals surface area contributed by atoms with Crippen molar-refractivity contribution in [2.75, 3.05) is 13.2 Å². The fourth-order valence-electron chi connectivity index (χ4n) is 2.40. The molecule has 1 aromatic carbocycles. The summed E-state index contributed by atoms with van der Waals surface area (Å²) in [6.07, 6.45) is 1.83. The van der Waals surface area contributed by atoms with Crippen molar-refractivity contribution >= 4 is 5.84 Å². The van der Waals surface area contributed by atoms with E-state index in [1.54, 1.807) is 0 Å². The Hall–Kier alpha value is -1.75. The van der Waals surface area contributed by atoms with E-state index in [0.717, 1.165) is 25.1 Å². The number of fused-ring (bicyclic) bond motifs is 1. The molecule has 0 amide bonds. The average Bonchev–Trinajstić information content (AvgIpc) is 2.86. The highest BCUT2D eigenvalue weighted by Gasteiger charge is 2.25. The minimum atomic E-state index is -0.277. The third-order valence-corrected chi connectivity index (χ3v) is 3.87. The Kier molecular flexibility index (Phi) is 4.49. The van der Waals surface area contributed by atoms with E-state index >= 15 is 0 Å². The number of nitrogens with one attached hydrogen (secondary N) is 1. The van der Waals surface area contributed by atoms with Gasteiger partial charge in [0.1, 0.15) is 18.2 Å². The Balaban J connectivity index is 1.78. The number of amidine groups is 1. The first-order chi connectivity index (χ1) is 9.54. The van der Waals surface area contributed by atoms with Gasteiger partial charge in [-0.2, -0.15) is 0 Å². The van der Waals surface area contributed by atoms with Gasteiger partial charge in [0.25, 0.3) is 0 Å². The van der Waals surface area contributed by atoms with E-state index in [-0.39, 0.29) is 17.3 Å². The van der Waals surface area contributed by atoms with Crippen LogP contribution in [0.2, 0.25) is 0 Å². The SMILES string of the molecule is CC(C)(CCCNC1COc2ccccc21)C(N)=NO. The summed E-state index contributed by atoms with van der Waals surface area (Å²) >= 11 is 0. The molecule has 1 aromatic rings. The molecule has 0 saturated carbocycles. The van der Waals surface area contributed by atoms with Crippen LogP contribution < -0.4 is 15.8 Å². The molecule has 110 valence electrons. The number of hydrogen-bond acceptors (Lipinski definition) is 4. The summed E-state index contributed by atoms with van der Waals surface area (Å²) in [6.45, 7) is 5.53. The molecule has 0 saturated heterocycles. The molecule has 4 N–H and O–H groups in total. The maximum Gasteiger partial charge on any atom is 0.144 e. The molecule has 1 aliphatic heterocycles. The van der Waals surface area contributed by atoms with Gasteiger partial charge < -0.3 is 21.0 Å².